The molecule has 0 bridgehead atoms. The number of para-hydroxylation sites is 1. The predicted molar refractivity (Wildman–Crippen MR) is 108 cm³/mol. The van der Waals surface area contributed by atoms with Gasteiger partial charge in [-0.2, -0.15) is 4.98 Å². The van der Waals surface area contributed by atoms with Crippen LogP contribution in [0.3, 0.4) is 0 Å². The molecule has 0 radical (unpaired) electrons. The van der Waals surface area contributed by atoms with Crippen molar-refractivity contribution in [2.24, 2.45) is 0 Å². The zero-order valence-corrected chi connectivity index (χ0v) is 15.9. The SMILES string of the molecule is CCCn1c(Oc2cccc3cc[nH]c23)nc2nc(C3CCCC3)[nH]c2c1=O. The van der Waals surface area contributed by atoms with Gasteiger partial charge in [0.25, 0.3) is 5.56 Å². The van der Waals surface area contributed by atoms with E-state index in [1.807, 2.05) is 37.4 Å². The third kappa shape index (κ3) is 2.78. The summed E-state index contributed by atoms with van der Waals surface area (Å²) in [6.07, 6.45) is 7.32. The van der Waals surface area contributed by atoms with Crippen molar-refractivity contribution in [2.45, 2.75) is 51.5 Å². The fraction of sp³-hybridized carbons (Fsp3) is 0.381. The second-order valence-electron chi connectivity index (χ2n) is 7.45. The first-order valence-electron chi connectivity index (χ1n) is 9.99. The van der Waals surface area contributed by atoms with Gasteiger partial charge in [0.2, 0.25) is 0 Å². The molecule has 144 valence electrons. The minimum Gasteiger partial charge on any atom is -0.423 e. The van der Waals surface area contributed by atoms with Crippen molar-refractivity contribution in [3.8, 4) is 11.8 Å². The maximum absolute atomic E-state index is 13.1. The number of nitrogens with zero attached hydrogens (tertiary/aromatic N) is 3. The Balaban J connectivity index is 1.63. The highest BCUT2D eigenvalue weighted by molar-refractivity contribution is 5.85. The van der Waals surface area contributed by atoms with Crippen LogP contribution in [-0.2, 0) is 6.54 Å². The van der Waals surface area contributed by atoms with Crippen molar-refractivity contribution in [1.82, 2.24) is 24.5 Å². The Bertz CT molecular complexity index is 1200. The standard InChI is InChI=1S/C21H23N5O2/c1-2-12-26-20(27)17-19(24-18(23-17)14-6-3-4-7-14)25-21(26)28-15-9-5-8-13-10-11-22-16(13)15/h5,8-11,14,22H,2-4,6-7,12H2,1H3,(H,23,24). The van der Waals surface area contributed by atoms with Gasteiger partial charge in [-0.25, -0.2) is 4.98 Å². The average molecular weight is 377 g/mol. The van der Waals surface area contributed by atoms with Gasteiger partial charge in [0, 0.05) is 24.0 Å². The lowest BCUT2D eigenvalue weighted by Gasteiger charge is -2.12. The highest BCUT2D eigenvalue weighted by Gasteiger charge is 2.23. The Morgan fingerprint density at radius 2 is 2.04 bits per heavy atom. The van der Waals surface area contributed by atoms with Crippen molar-refractivity contribution in [1.29, 1.82) is 0 Å². The number of aromatic amines is 2. The van der Waals surface area contributed by atoms with Crippen molar-refractivity contribution in [3.05, 3.63) is 46.6 Å². The lowest BCUT2D eigenvalue weighted by atomic mass is 10.1. The van der Waals surface area contributed by atoms with Crippen LogP contribution in [-0.4, -0.2) is 24.5 Å². The van der Waals surface area contributed by atoms with Gasteiger partial charge in [-0.3, -0.25) is 9.36 Å². The number of hydrogen-bond donors (Lipinski definition) is 2. The topological polar surface area (TPSA) is 88.6 Å². The van der Waals surface area contributed by atoms with Crippen molar-refractivity contribution < 1.29 is 4.74 Å². The fourth-order valence-corrected chi connectivity index (χ4v) is 4.12. The third-order valence-electron chi connectivity index (χ3n) is 5.53. The summed E-state index contributed by atoms with van der Waals surface area (Å²) in [7, 11) is 0. The summed E-state index contributed by atoms with van der Waals surface area (Å²) in [6.45, 7) is 2.57. The molecule has 1 saturated carbocycles. The van der Waals surface area contributed by atoms with Gasteiger partial charge < -0.3 is 14.7 Å². The molecule has 0 atom stereocenters. The van der Waals surface area contributed by atoms with Crippen LogP contribution in [0.5, 0.6) is 11.8 Å². The maximum atomic E-state index is 13.1. The molecule has 0 aliphatic heterocycles. The third-order valence-corrected chi connectivity index (χ3v) is 5.53. The Labute approximate surface area is 161 Å². The summed E-state index contributed by atoms with van der Waals surface area (Å²) in [5, 5.41) is 1.05. The van der Waals surface area contributed by atoms with Gasteiger partial charge in [0.05, 0.1) is 5.52 Å². The molecule has 1 fully saturated rings. The molecule has 1 aliphatic rings. The van der Waals surface area contributed by atoms with E-state index >= 15 is 0 Å². The van der Waals surface area contributed by atoms with Gasteiger partial charge >= 0.3 is 6.01 Å². The second kappa shape index (κ2) is 6.82. The molecule has 0 spiro atoms. The minimum atomic E-state index is -0.128. The van der Waals surface area contributed by atoms with E-state index in [1.54, 1.807) is 4.57 Å². The minimum absolute atomic E-state index is 0.128. The van der Waals surface area contributed by atoms with Gasteiger partial charge in [0.15, 0.2) is 16.9 Å². The van der Waals surface area contributed by atoms with Crippen molar-refractivity contribution in [2.75, 3.05) is 0 Å². The van der Waals surface area contributed by atoms with Crippen molar-refractivity contribution >= 4 is 22.1 Å². The first-order valence-corrected chi connectivity index (χ1v) is 9.99. The number of rotatable bonds is 5. The van der Waals surface area contributed by atoms with E-state index in [4.69, 9.17) is 4.74 Å². The number of benzene rings is 1. The van der Waals surface area contributed by atoms with E-state index < -0.39 is 0 Å². The maximum Gasteiger partial charge on any atom is 0.307 e. The highest BCUT2D eigenvalue weighted by Crippen LogP contribution is 2.33. The van der Waals surface area contributed by atoms with Crippen LogP contribution >= 0.6 is 0 Å². The molecule has 0 amide bonds. The molecular formula is C21H23N5O2. The van der Waals surface area contributed by atoms with Crippen LogP contribution in [0, 0.1) is 0 Å². The molecule has 1 aromatic carbocycles. The summed E-state index contributed by atoms with van der Waals surface area (Å²) in [5.41, 5.74) is 1.67. The molecule has 7 nitrogen and oxygen atoms in total. The number of imidazole rings is 1. The number of aromatic nitrogens is 5. The summed E-state index contributed by atoms with van der Waals surface area (Å²) in [4.78, 5) is 28.8. The zero-order valence-electron chi connectivity index (χ0n) is 15.9. The summed E-state index contributed by atoms with van der Waals surface area (Å²) in [5.74, 6) is 1.92. The quantitative estimate of drug-likeness (QED) is 0.537. The molecular weight excluding hydrogens is 354 g/mol. The Morgan fingerprint density at radius 3 is 2.86 bits per heavy atom. The number of H-pyrrole nitrogens is 2. The monoisotopic (exact) mass is 377 g/mol. The Hall–Kier alpha value is -3.09. The zero-order chi connectivity index (χ0) is 19.1. The van der Waals surface area contributed by atoms with Crippen LogP contribution in [0.15, 0.2) is 35.3 Å². The molecule has 5 rings (SSSR count). The molecule has 0 unspecified atom stereocenters. The largest absolute Gasteiger partial charge is 0.423 e. The number of ether oxygens (including phenoxy) is 1. The highest BCUT2D eigenvalue weighted by atomic mass is 16.5. The van der Waals surface area contributed by atoms with Crippen molar-refractivity contribution in [3.63, 3.8) is 0 Å². The first kappa shape index (κ1) is 17.0. The van der Waals surface area contributed by atoms with Crippen LogP contribution < -0.4 is 10.3 Å². The fourth-order valence-electron chi connectivity index (χ4n) is 4.12. The van der Waals surface area contributed by atoms with Crippen LogP contribution in [0.2, 0.25) is 0 Å². The smallest absolute Gasteiger partial charge is 0.307 e. The van der Waals surface area contributed by atoms with E-state index in [0.717, 1.165) is 36.0 Å². The number of fused-ring (bicyclic) bond motifs is 2. The van der Waals surface area contributed by atoms with Gasteiger partial charge in [-0.1, -0.05) is 31.9 Å². The van der Waals surface area contributed by atoms with Gasteiger partial charge in [0.1, 0.15) is 5.82 Å². The lowest BCUT2D eigenvalue weighted by molar-refractivity contribution is 0.401. The molecule has 3 heterocycles. The van der Waals surface area contributed by atoms with E-state index in [-0.39, 0.29) is 11.6 Å². The van der Waals surface area contributed by atoms with Crippen LogP contribution in [0.1, 0.15) is 50.8 Å². The molecule has 2 N–H and O–H groups in total. The van der Waals surface area contributed by atoms with E-state index in [2.05, 4.69) is 19.9 Å². The Morgan fingerprint density at radius 1 is 1.18 bits per heavy atom. The molecule has 3 aromatic heterocycles. The lowest BCUT2D eigenvalue weighted by Crippen LogP contribution is -2.23. The first-order chi connectivity index (χ1) is 13.7. The normalized spacial score (nSPS) is 15.0. The molecule has 1 aliphatic carbocycles. The summed E-state index contributed by atoms with van der Waals surface area (Å²) < 4.78 is 7.72. The predicted octanol–water partition coefficient (Wildman–Crippen LogP) is 4.46. The van der Waals surface area contributed by atoms with Crippen LogP contribution in [0.4, 0.5) is 0 Å². The Kier molecular flexibility index (Phi) is 4.15. The van der Waals surface area contributed by atoms with Gasteiger partial charge in [-0.15, -0.1) is 0 Å². The van der Waals surface area contributed by atoms with Crippen LogP contribution in [0.25, 0.3) is 22.1 Å². The summed E-state index contributed by atoms with van der Waals surface area (Å²) in [6, 6.07) is 8.08. The molecule has 28 heavy (non-hydrogen) atoms. The van der Waals surface area contributed by atoms with Gasteiger partial charge in [-0.05, 0) is 31.4 Å². The van der Waals surface area contributed by atoms with E-state index in [0.29, 0.717) is 29.4 Å². The summed E-state index contributed by atoms with van der Waals surface area (Å²) >= 11 is 0. The molecule has 4 aromatic rings. The van der Waals surface area contributed by atoms with E-state index in [1.165, 1.54) is 12.8 Å². The molecule has 0 saturated heterocycles. The average Bonchev–Trinajstić information content (AvgIpc) is 3.44. The second-order valence-corrected chi connectivity index (χ2v) is 7.45. The molecule has 7 heteroatoms. The van der Waals surface area contributed by atoms with E-state index in [9.17, 15) is 4.79 Å². The number of nitrogens with one attached hydrogen (secondary N) is 2. The number of hydrogen-bond acceptors (Lipinski definition) is 4.